The van der Waals surface area contributed by atoms with Crippen LogP contribution < -0.4 is 9.47 Å². The SMILES string of the molecule is C=C(F)C(=O)OC(C)Oc1ccc(-c2ccc(-c3ccc(C(=O)Oc4ccc(/C=C/C(=O)OCCC)cc4)c(F)c3)c(F)c2)c(F)c1F. The van der Waals surface area contributed by atoms with E-state index in [4.69, 9.17) is 14.2 Å². The fourth-order valence-corrected chi connectivity index (χ4v) is 4.25. The Morgan fingerprint density at radius 2 is 1.48 bits per heavy atom. The van der Waals surface area contributed by atoms with E-state index in [0.717, 1.165) is 37.3 Å². The average Bonchev–Trinajstić information content (AvgIpc) is 3.05. The molecule has 48 heavy (non-hydrogen) atoms. The molecule has 1 unspecified atom stereocenters. The molecule has 0 radical (unpaired) electrons. The van der Waals surface area contributed by atoms with Crippen molar-refractivity contribution in [2.75, 3.05) is 6.61 Å². The molecule has 0 N–H and O–H groups in total. The molecular formula is C36H27F5O7. The lowest BCUT2D eigenvalue weighted by Crippen LogP contribution is -2.21. The third-order valence-electron chi connectivity index (χ3n) is 6.57. The molecule has 1 atom stereocenters. The molecule has 0 aromatic heterocycles. The van der Waals surface area contributed by atoms with Crippen LogP contribution in [0.15, 0.2) is 91.3 Å². The molecule has 4 aromatic carbocycles. The number of carbonyl (C=O) groups excluding carboxylic acids is 3. The van der Waals surface area contributed by atoms with Crippen molar-refractivity contribution in [1.29, 1.82) is 0 Å². The normalized spacial score (nSPS) is 11.6. The summed E-state index contributed by atoms with van der Waals surface area (Å²) in [5.74, 6) is -9.66. The highest BCUT2D eigenvalue weighted by Gasteiger charge is 2.21. The number of hydrogen-bond donors (Lipinski definition) is 0. The molecule has 0 amide bonds. The number of rotatable bonds is 12. The van der Waals surface area contributed by atoms with Crippen molar-refractivity contribution in [3.8, 4) is 33.8 Å². The summed E-state index contributed by atoms with van der Waals surface area (Å²) < 4.78 is 92.4. The average molecular weight is 667 g/mol. The van der Waals surface area contributed by atoms with Gasteiger partial charge in [0, 0.05) is 24.1 Å². The maximum atomic E-state index is 15.2. The van der Waals surface area contributed by atoms with Crippen molar-refractivity contribution >= 4 is 24.0 Å². The molecule has 12 heteroatoms. The third-order valence-corrected chi connectivity index (χ3v) is 6.57. The summed E-state index contributed by atoms with van der Waals surface area (Å²) in [7, 11) is 0. The van der Waals surface area contributed by atoms with Gasteiger partial charge in [0.25, 0.3) is 0 Å². The summed E-state index contributed by atoms with van der Waals surface area (Å²) in [4.78, 5) is 35.5. The predicted molar refractivity (Wildman–Crippen MR) is 165 cm³/mol. The molecule has 0 aliphatic rings. The van der Waals surface area contributed by atoms with Crippen LogP contribution in [-0.4, -0.2) is 30.8 Å². The Kier molecular flexibility index (Phi) is 11.5. The number of carbonyl (C=O) groups is 3. The van der Waals surface area contributed by atoms with Crippen molar-refractivity contribution in [1.82, 2.24) is 0 Å². The molecule has 4 aromatic rings. The lowest BCUT2D eigenvalue weighted by atomic mass is 9.98. The summed E-state index contributed by atoms with van der Waals surface area (Å²) in [6.45, 7) is 6.08. The first-order valence-corrected chi connectivity index (χ1v) is 14.3. The maximum absolute atomic E-state index is 15.2. The van der Waals surface area contributed by atoms with Gasteiger partial charge in [-0.05, 0) is 71.7 Å². The molecule has 0 spiro atoms. The van der Waals surface area contributed by atoms with E-state index in [0.29, 0.717) is 18.6 Å². The lowest BCUT2D eigenvalue weighted by Gasteiger charge is -2.16. The van der Waals surface area contributed by atoms with Gasteiger partial charge >= 0.3 is 17.9 Å². The number of ether oxygens (including phenoxy) is 4. The highest BCUT2D eigenvalue weighted by Crippen LogP contribution is 2.34. The van der Waals surface area contributed by atoms with Crippen LogP contribution in [-0.2, 0) is 19.1 Å². The Hall–Kier alpha value is -5.78. The molecule has 0 saturated carbocycles. The van der Waals surface area contributed by atoms with Gasteiger partial charge in [0.2, 0.25) is 17.9 Å². The summed E-state index contributed by atoms with van der Waals surface area (Å²) >= 11 is 0. The van der Waals surface area contributed by atoms with Crippen LogP contribution in [0.5, 0.6) is 11.5 Å². The lowest BCUT2D eigenvalue weighted by molar-refractivity contribution is -0.158. The summed E-state index contributed by atoms with van der Waals surface area (Å²) in [6.07, 6.45) is 1.99. The quantitative estimate of drug-likeness (QED) is 0.0493. The number of hydrogen-bond acceptors (Lipinski definition) is 7. The van der Waals surface area contributed by atoms with Crippen molar-refractivity contribution in [2.24, 2.45) is 0 Å². The minimum absolute atomic E-state index is 0.0524. The second-order valence-corrected chi connectivity index (χ2v) is 10.1. The van der Waals surface area contributed by atoms with Gasteiger partial charge in [0.05, 0.1) is 12.2 Å². The number of esters is 3. The monoisotopic (exact) mass is 666 g/mol. The molecule has 0 aliphatic heterocycles. The molecule has 0 saturated heterocycles. The topological polar surface area (TPSA) is 88.1 Å². The molecule has 0 aliphatic carbocycles. The van der Waals surface area contributed by atoms with E-state index in [-0.39, 0.29) is 28.0 Å². The van der Waals surface area contributed by atoms with Crippen LogP contribution in [0.3, 0.4) is 0 Å². The predicted octanol–water partition coefficient (Wildman–Crippen LogP) is 8.51. The van der Waals surface area contributed by atoms with Crippen molar-refractivity contribution in [3.05, 3.63) is 126 Å². The fourth-order valence-electron chi connectivity index (χ4n) is 4.25. The fraction of sp³-hybridized carbons (Fsp3) is 0.139. The first kappa shape index (κ1) is 35.1. The van der Waals surface area contributed by atoms with Crippen molar-refractivity contribution in [2.45, 2.75) is 26.6 Å². The van der Waals surface area contributed by atoms with Gasteiger partial charge in [-0.25, -0.2) is 27.6 Å². The van der Waals surface area contributed by atoms with E-state index in [2.05, 4.69) is 11.3 Å². The van der Waals surface area contributed by atoms with E-state index >= 15 is 4.39 Å². The van der Waals surface area contributed by atoms with E-state index in [1.807, 2.05) is 6.92 Å². The molecule has 0 fully saturated rings. The second kappa shape index (κ2) is 15.7. The Morgan fingerprint density at radius 3 is 2.12 bits per heavy atom. The molecule has 0 heterocycles. The highest BCUT2D eigenvalue weighted by atomic mass is 19.2. The maximum Gasteiger partial charge on any atom is 0.369 e. The van der Waals surface area contributed by atoms with Crippen LogP contribution in [0.1, 0.15) is 36.2 Å². The highest BCUT2D eigenvalue weighted by molar-refractivity contribution is 5.92. The van der Waals surface area contributed by atoms with Crippen LogP contribution in [0.2, 0.25) is 0 Å². The minimum atomic E-state index is -1.49. The zero-order chi connectivity index (χ0) is 35.0. The Balaban J connectivity index is 1.45. The van der Waals surface area contributed by atoms with E-state index in [9.17, 15) is 31.9 Å². The van der Waals surface area contributed by atoms with Crippen LogP contribution in [0, 0.1) is 23.3 Å². The molecular weight excluding hydrogens is 639 g/mol. The van der Waals surface area contributed by atoms with Gasteiger partial charge in [0.15, 0.2) is 11.6 Å². The molecule has 4 rings (SSSR count). The minimum Gasteiger partial charge on any atom is -0.463 e. The summed E-state index contributed by atoms with van der Waals surface area (Å²) in [6, 6.07) is 14.9. The van der Waals surface area contributed by atoms with Gasteiger partial charge in [-0.1, -0.05) is 43.8 Å². The Labute approximate surface area is 271 Å². The molecule has 248 valence electrons. The van der Waals surface area contributed by atoms with E-state index in [1.54, 1.807) is 12.1 Å². The van der Waals surface area contributed by atoms with Crippen LogP contribution in [0.25, 0.3) is 28.3 Å². The first-order valence-electron chi connectivity index (χ1n) is 14.3. The van der Waals surface area contributed by atoms with Crippen LogP contribution >= 0.6 is 0 Å². The number of benzene rings is 4. The zero-order valence-corrected chi connectivity index (χ0v) is 25.5. The van der Waals surface area contributed by atoms with Gasteiger partial charge in [-0.3, -0.25) is 0 Å². The Morgan fingerprint density at radius 1 is 0.833 bits per heavy atom. The number of halogens is 5. The van der Waals surface area contributed by atoms with Gasteiger partial charge in [0.1, 0.15) is 17.4 Å². The largest absolute Gasteiger partial charge is 0.463 e. The van der Waals surface area contributed by atoms with E-state index in [1.165, 1.54) is 42.5 Å². The van der Waals surface area contributed by atoms with Gasteiger partial charge in [-0.15, -0.1) is 0 Å². The first-order chi connectivity index (χ1) is 22.9. The smallest absolute Gasteiger partial charge is 0.369 e. The molecule has 0 bridgehead atoms. The summed E-state index contributed by atoms with van der Waals surface area (Å²) in [5.41, 5.74) is -0.233. The van der Waals surface area contributed by atoms with E-state index < -0.39 is 64.6 Å². The van der Waals surface area contributed by atoms with Crippen molar-refractivity contribution in [3.63, 3.8) is 0 Å². The zero-order valence-electron chi connectivity index (χ0n) is 25.5. The van der Waals surface area contributed by atoms with Crippen LogP contribution in [0.4, 0.5) is 22.0 Å². The Bertz CT molecular complexity index is 1890. The second-order valence-electron chi connectivity index (χ2n) is 10.1. The van der Waals surface area contributed by atoms with Crippen molar-refractivity contribution < 1.29 is 55.3 Å². The summed E-state index contributed by atoms with van der Waals surface area (Å²) in [5, 5.41) is 0. The standard InChI is InChI=1S/C36H27F5O7/c1-4-17-45-32(42)16-7-22-5-10-25(11-6-22)48-36(44)28-13-9-23(18-30(28)39)26-12-8-24(19-29(26)38)27-14-15-31(34(41)33(27)40)46-21(3)47-35(43)20(2)37/h5-16,18-19,21H,2,4,17H2,1,3H3/b16-7+. The van der Waals surface area contributed by atoms with Gasteiger partial charge in [-0.2, -0.15) is 8.78 Å². The third kappa shape index (κ3) is 8.72. The van der Waals surface area contributed by atoms with Gasteiger partial charge < -0.3 is 18.9 Å². The molecule has 7 nitrogen and oxygen atoms in total.